The summed E-state index contributed by atoms with van der Waals surface area (Å²) in [5, 5.41) is 23.8. The second-order valence-corrected chi connectivity index (χ2v) is 19.0. The van der Waals surface area contributed by atoms with E-state index in [1.807, 2.05) is 76.2 Å². The third-order valence-electron chi connectivity index (χ3n) is 12.1. The van der Waals surface area contributed by atoms with Gasteiger partial charge in [0.2, 0.25) is 35.4 Å². The molecule has 0 aliphatic heterocycles. The highest BCUT2D eigenvalue weighted by Gasteiger charge is 2.31. The number of benzene rings is 3. The number of primary amides is 1. The number of nitrogen functional groups attached to an aromatic ring is 1. The van der Waals surface area contributed by atoms with Gasteiger partial charge >= 0.3 is 5.97 Å². The molecule has 5 atom stereocenters. The Morgan fingerprint density at radius 2 is 0.855 bits per heavy atom. The lowest BCUT2D eigenvalue weighted by Crippen LogP contribution is -2.58. The SMILES string of the molecule is CC(C)C[C@H](NC(=O)[C@@H](NC(=O)CCCCCCCCCCCCCCC(=O)N[C@@H](Cc1ccc(N)cc1)C(=O)N[C@@H](Cc1ccccc1)C(=O)O)C(C)C)C(=O)N[C@@H](Cc1ccccc1)C(N)=O. The Balaban J connectivity index is 1.29. The second-order valence-electron chi connectivity index (χ2n) is 19.0. The van der Waals surface area contributed by atoms with Crippen molar-refractivity contribution >= 4 is 47.1 Å². The lowest BCUT2D eigenvalue weighted by atomic mass is 9.99. The average molecular weight is 954 g/mol. The van der Waals surface area contributed by atoms with Gasteiger partial charge in [-0.15, -0.1) is 0 Å². The molecule has 0 bridgehead atoms. The standard InChI is InChI=1S/C54H79N7O8/c1-37(2)33-44(51(65)58-43(50(56)64)34-39-23-17-15-18-24-39)59-53(67)49(38(3)4)61-48(63)28-22-14-12-10-8-6-5-7-9-11-13-21-27-47(62)57-45(35-41-29-31-42(55)32-30-41)52(66)60-46(54(68)69)36-40-25-19-16-20-26-40/h15-20,23-26,29-32,37-38,43-46,49H,5-14,21-22,27-28,33-36,55H2,1-4H3,(H2,56,64)(H,57,62)(H,58,65)(H,59,67)(H,60,66)(H,61,63)(H,68,69)/t43-,44-,45-,46-,49-/m0/s1. The molecule has 15 heteroatoms. The van der Waals surface area contributed by atoms with E-state index in [9.17, 15) is 38.7 Å². The topological polar surface area (TPSA) is 252 Å². The zero-order chi connectivity index (χ0) is 50.6. The molecular weight excluding hydrogens is 875 g/mol. The normalized spacial score (nSPS) is 13.4. The molecule has 0 radical (unpaired) electrons. The molecule has 0 unspecified atom stereocenters. The minimum atomic E-state index is -1.15. The predicted octanol–water partition coefficient (Wildman–Crippen LogP) is 6.45. The van der Waals surface area contributed by atoms with E-state index in [0.717, 1.165) is 80.9 Å². The molecule has 0 aliphatic rings. The monoisotopic (exact) mass is 954 g/mol. The molecule has 0 saturated carbocycles. The van der Waals surface area contributed by atoms with Gasteiger partial charge in [0, 0.05) is 37.8 Å². The summed E-state index contributed by atoms with van der Waals surface area (Å²) < 4.78 is 0. The first kappa shape index (κ1) is 57.1. The predicted molar refractivity (Wildman–Crippen MR) is 270 cm³/mol. The van der Waals surface area contributed by atoms with Crippen molar-refractivity contribution in [3.63, 3.8) is 0 Å². The van der Waals surface area contributed by atoms with Gasteiger partial charge < -0.3 is 43.2 Å². The Morgan fingerprint density at radius 3 is 1.30 bits per heavy atom. The number of nitrogens with one attached hydrogen (secondary N) is 5. The van der Waals surface area contributed by atoms with Crippen LogP contribution in [-0.2, 0) is 52.8 Å². The van der Waals surface area contributed by atoms with E-state index < -0.39 is 59.8 Å². The van der Waals surface area contributed by atoms with Crippen molar-refractivity contribution in [2.45, 2.75) is 173 Å². The molecule has 3 aromatic rings. The molecule has 0 fully saturated rings. The van der Waals surface area contributed by atoms with Crippen molar-refractivity contribution in [2.24, 2.45) is 17.6 Å². The minimum absolute atomic E-state index is 0.0624. The largest absolute Gasteiger partial charge is 0.480 e. The van der Waals surface area contributed by atoms with Gasteiger partial charge in [0.1, 0.15) is 30.2 Å². The molecule has 0 heterocycles. The number of carbonyl (C=O) groups is 7. The molecule has 6 amide bonds. The summed E-state index contributed by atoms with van der Waals surface area (Å²) in [6.07, 6.45) is 13.3. The number of rotatable bonds is 34. The number of anilines is 1. The van der Waals surface area contributed by atoms with Gasteiger partial charge in [-0.3, -0.25) is 28.8 Å². The molecule has 378 valence electrons. The molecule has 15 nitrogen and oxygen atoms in total. The van der Waals surface area contributed by atoms with Crippen molar-refractivity contribution in [1.82, 2.24) is 26.6 Å². The number of unbranched alkanes of at least 4 members (excludes halogenated alkanes) is 11. The summed E-state index contributed by atoms with van der Waals surface area (Å²) in [7, 11) is 0. The lowest BCUT2D eigenvalue weighted by Gasteiger charge is -2.27. The molecular formula is C54H79N7O8. The van der Waals surface area contributed by atoms with E-state index >= 15 is 0 Å². The average Bonchev–Trinajstić information content (AvgIpc) is 3.30. The molecule has 0 saturated heterocycles. The van der Waals surface area contributed by atoms with Gasteiger partial charge in [-0.25, -0.2) is 4.79 Å². The second kappa shape index (κ2) is 31.7. The Kier molecular flexibility index (Phi) is 26.2. The molecule has 69 heavy (non-hydrogen) atoms. The van der Waals surface area contributed by atoms with Crippen LogP contribution in [0.5, 0.6) is 0 Å². The number of amides is 6. The van der Waals surface area contributed by atoms with Crippen LogP contribution in [0.4, 0.5) is 5.69 Å². The van der Waals surface area contributed by atoms with Crippen LogP contribution >= 0.6 is 0 Å². The summed E-state index contributed by atoms with van der Waals surface area (Å²) in [4.78, 5) is 90.5. The Labute approximate surface area is 409 Å². The number of hydrogen-bond acceptors (Lipinski definition) is 8. The number of carboxylic acids is 1. The quantitative estimate of drug-likeness (QED) is 0.0241. The molecule has 10 N–H and O–H groups in total. The summed E-state index contributed by atoms with van der Waals surface area (Å²) in [5.41, 5.74) is 14.4. The fourth-order valence-electron chi connectivity index (χ4n) is 8.12. The highest BCUT2D eigenvalue weighted by Crippen LogP contribution is 2.16. The van der Waals surface area contributed by atoms with E-state index in [1.165, 1.54) is 0 Å². The molecule has 0 spiro atoms. The highest BCUT2D eigenvalue weighted by atomic mass is 16.4. The van der Waals surface area contributed by atoms with Crippen LogP contribution in [0.3, 0.4) is 0 Å². The number of hydrogen-bond donors (Lipinski definition) is 8. The molecule has 0 aromatic heterocycles. The van der Waals surface area contributed by atoms with Crippen LogP contribution in [0, 0.1) is 11.8 Å². The van der Waals surface area contributed by atoms with E-state index in [0.29, 0.717) is 31.4 Å². The fraction of sp³-hybridized carbons (Fsp3) is 0.537. The maximum atomic E-state index is 13.5. The smallest absolute Gasteiger partial charge is 0.326 e. The van der Waals surface area contributed by atoms with E-state index in [1.54, 1.807) is 36.4 Å². The summed E-state index contributed by atoms with van der Waals surface area (Å²) in [5.74, 6) is -3.96. The van der Waals surface area contributed by atoms with Crippen LogP contribution in [0.2, 0.25) is 0 Å². The van der Waals surface area contributed by atoms with Gasteiger partial charge in [-0.1, -0.05) is 165 Å². The summed E-state index contributed by atoms with van der Waals surface area (Å²) in [6, 6.07) is 20.5. The third kappa shape index (κ3) is 23.6. The molecule has 3 aromatic carbocycles. The molecule has 0 aliphatic carbocycles. The van der Waals surface area contributed by atoms with Gasteiger partial charge in [0.25, 0.3) is 0 Å². The van der Waals surface area contributed by atoms with Crippen molar-refractivity contribution in [3.8, 4) is 0 Å². The van der Waals surface area contributed by atoms with E-state index in [4.69, 9.17) is 11.5 Å². The Bertz CT molecular complexity index is 2030. The van der Waals surface area contributed by atoms with Crippen molar-refractivity contribution in [3.05, 3.63) is 102 Å². The first-order chi connectivity index (χ1) is 33.0. The van der Waals surface area contributed by atoms with Crippen LogP contribution in [0.1, 0.15) is 141 Å². The Morgan fingerprint density at radius 1 is 0.464 bits per heavy atom. The number of nitrogens with two attached hydrogens (primary N) is 2. The highest BCUT2D eigenvalue weighted by molar-refractivity contribution is 5.94. The third-order valence-corrected chi connectivity index (χ3v) is 12.1. The number of carbonyl (C=O) groups excluding carboxylic acids is 6. The zero-order valence-electron chi connectivity index (χ0n) is 41.3. The summed E-state index contributed by atoms with van der Waals surface area (Å²) in [6.45, 7) is 7.56. The van der Waals surface area contributed by atoms with Crippen LogP contribution in [0.15, 0.2) is 84.9 Å². The maximum Gasteiger partial charge on any atom is 0.326 e. The van der Waals surface area contributed by atoms with E-state index in [2.05, 4.69) is 26.6 Å². The van der Waals surface area contributed by atoms with E-state index in [-0.39, 0.29) is 49.3 Å². The van der Waals surface area contributed by atoms with Gasteiger partial charge in [0.15, 0.2) is 0 Å². The fourth-order valence-corrected chi connectivity index (χ4v) is 8.12. The number of carboxylic acid groups (broad SMARTS) is 1. The molecule has 3 rings (SSSR count). The minimum Gasteiger partial charge on any atom is -0.480 e. The van der Waals surface area contributed by atoms with Crippen molar-refractivity contribution < 1.29 is 38.7 Å². The van der Waals surface area contributed by atoms with Crippen molar-refractivity contribution in [2.75, 3.05) is 5.73 Å². The summed E-state index contributed by atoms with van der Waals surface area (Å²) >= 11 is 0. The van der Waals surface area contributed by atoms with Crippen LogP contribution in [-0.4, -0.2) is 76.7 Å². The first-order valence-corrected chi connectivity index (χ1v) is 25.0. The van der Waals surface area contributed by atoms with Crippen LogP contribution in [0.25, 0.3) is 0 Å². The lowest BCUT2D eigenvalue weighted by molar-refractivity contribution is -0.142. The van der Waals surface area contributed by atoms with Gasteiger partial charge in [-0.05, 0) is 59.9 Å². The zero-order valence-corrected chi connectivity index (χ0v) is 41.3. The van der Waals surface area contributed by atoms with Gasteiger partial charge in [0.05, 0.1) is 0 Å². The van der Waals surface area contributed by atoms with Gasteiger partial charge in [-0.2, -0.15) is 0 Å². The van der Waals surface area contributed by atoms with Crippen molar-refractivity contribution in [1.29, 1.82) is 0 Å². The Hall–Kier alpha value is -6.25. The van der Waals surface area contributed by atoms with Crippen LogP contribution < -0.4 is 38.1 Å². The maximum absolute atomic E-state index is 13.5. The first-order valence-electron chi connectivity index (χ1n) is 25.0. The number of aliphatic carboxylic acids is 1.